The van der Waals surface area contributed by atoms with E-state index in [1.54, 1.807) is 0 Å². The van der Waals surface area contributed by atoms with Gasteiger partial charge in [0.15, 0.2) is 0 Å². The topological polar surface area (TPSA) is 73.9 Å². The third-order valence-corrected chi connectivity index (χ3v) is 4.62. The van der Waals surface area contributed by atoms with Crippen LogP contribution >= 0.6 is 0 Å². The largest absolute Gasteiger partial charge is 0.338 e. The summed E-state index contributed by atoms with van der Waals surface area (Å²) in [6, 6.07) is 5.50. The fraction of sp³-hybridized carbons (Fsp3) is 0.500. The fourth-order valence-electron chi connectivity index (χ4n) is 3.41. The van der Waals surface area contributed by atoms with Crippen molar-refractivity contribution in [2.24, 2.45) is 5.41 Å². The maximum Gasteiger partial charge on any atom is 0.253 e. The number of hydrogen-bond acceptors (Lipinski definition) is 4. The molecule has 1 atom stereocenters. The molecule has 1 spiro atoms. The molecule has 104 valence electrons. The SMILES string of the molecule is O=C(c1ccc2n[nH]nc2c1)N1CCC2(CCNC2)C1. The Balaban J connectivity index is 1.57. The van der Waals surface area contributed by atoms with Gasteiger partial charge in [-0.05, 0) is 37.6 Å². The summed E-state index contributed by atoms with van der Waals surface area (Å²) in [5, 5.41) is 14.0. The molecule has 2 saturated heterocycles. The van der Waals surface area contributed by atoms with Crippen LogP contribution in [0.4, 0.5) is 0 Å². The maximum absolute atomic E-state index is 12.6. The summed E-state index contributed by atoms with van der Waals surface area (Å²) < 4.78 is 0. The van der Waals surface area contributed by atoms with Gasteiger partial charge in [0.25, 0.3) is 5.91 Å². The van der Waals surface area contributed by atoms with Gasteiger partial charge in [0.05, 0.1) is 0 Å². The number of aromatic amines is 1. The number of likely N-dealkylation sites (tertiary alicyclic amines) is 1. The molecule has 3 heterocycles. The van der Waals surface area contributed by atoms with E-state index < -0.39 is 0 Å². The predicted molar refractivity (Wildman–Crippen MR) is 74.3 cm³/mol. The van der Waals surface area contributed by atoms with Crippen molar-refractivity contribution >= 4 is 16.9 Å². The van der Waals surface area contributed by atoms with Crippen molar-refractivity contribution in [3.63, 3.8) is 0 Å². The number of rotatable bonds is 1. The lowest BCUT2D eigenvalue weighted by atomic mass is 9.86. The number of amides is 1. The Morgan fingerprint density at radius 3 is 3.00 bits per heavy atom. The molecule has 1 amide bonds. The molecule has 0 bridgehead atoms. The van der Waals surface area contributed by atoms with Crippen LogP contribution < -0.4 is 5.32 Å². The number of carbonyl (C=O) groups is 1. The van der Waals surface area contributed by atoms with E-state index in [9.17, 15) is 4.79 Å². The fourth-order valence-corrected chi connectivity index (χ4v) is 3.41. The Hall–Kier alpha value is -1.95. The zero-order valence-corrected chi connectivity index (χ0v) is 11.2. The molecule has 0 saturated carbocycles. The average Bonchev–Trinajstić information content (AvgIpc) is 3.19. The highest BCUT2D eigenvalue weighted by Gasteiger charge is 2.41. The number of carbonyl (C=O) groups excluding carboxylic acids is 1. The van der Waals surface area contributed by atoms with Crippen molar-refractivity contribution in [3.8, 4) is 0 Å². The number of fused-ring (bicyclic) bond motifs is 1. The minimum absolute atomic E-state index is 0.110. The lowest BCUT2D eigenvalue weighted by molar-refractivity contribution is 0.0776. The van der Waals surface area contributed by atoms with Gasteiger partial charge in [0.2, 0.25) is 0 Å². The first kappa shape index (κ1) is 11.8. The van der Waals surface area contributed by atoms with E-state index in [-0.39, 0.29) is 5.91 Å². The van der Waals surface area contributed by atoms with Gasteiger partial charge in [-0.3, -0.25) is 4.79 Å². The molecule has 6 heteroatoms. The Morgan fingerprint density at radius 1 is 1.25 bits per heavy atom. The van der Waals surface area contributed by atoms with E-state index in [1.165, 1.54) is 6.42 Å². The zero-order valence-electron chi connectivity index (χ0n) is 11.2. The van der Waals surface area contributed by atoms with Crippen LogP contribution in [-0.2, 0) is 0 Å². The molecule has 4 rings (SSSR count). The zero-order chi connectivity index (χ0) is 13.6. The summed E-state index contributed by atoms with van der Waals surface area (Å²) in [6.45, 7) is 3.85. The molecule has 1 unspecified atom stereocenters. The average molecular weight is 271 g/mol. The van der Waals surface area contributed by atoms with Crippen LogP contribution in [0.15, 0.2) is 18.2 Å². The van der Waals surface area contributed by atoms with Gasteiger partial charge in [-0.2, -0.15) is 15.4 Å². The summed E-state index contributed by atoms with van der Waals surface area (Å²) in [6.07, 6.45) is 2.29. The molecule has 2 aliphatic rings. The highest BCUT2D eigenvalue weighted by Crippen LogP contribution is 2.36. The summed E-state index contributed by atoms with van der Waals surface area (Å²) in [5.74, 6) is 0.110. The summed E-state index contributed by atoms with van der Waals surface area (Å²) in [4.78, 5) is 14.6. The van der Waals surface area contributed by atoms with Crippen LogP contribution in [0.5, 0.6) is 0 Å². The molecule has 20 heavy (non-hydrogen) atoms. The molecule has 2 N–H and O–H groups in total. The van der Waals surface area contributed by atoms with Crippen LogP contribution in [-0.4, -0.2) is 52.4 Å². The van der Waals surface area contributed by atoms with Crippen molar-refractivity contribution in [3.05, 3.63) is 23.8 Å². The molecule has 2 fully saturated rings. The van der Waals surface area contributed by atoms with Crippen molar-refractivity contribution < 1.29 is 4.79 Å². The second-order valence-electron chi connectivity index (χ2n) is 5.93. The Morgan fingerprint density at radius 2 is 2.15 bits per heavy atom. The molecular weight excluding hydrogens is 254 g/mol. The van der Waals surface area contributed by atoms with Crippen molar-refractivity contribution in [2.75, 3.05) is 26.2 Å². The quantitative estimate of drug-likeness (QED) is 0.804. The van der Waals surface area contributed by atoms with E-state index in [0.717, 1.165) is 43.6 Å². The van der Waals surface area contributed by atoms with Gasteiger partial charge in [0.1, 0.15) is 11.0 Å². The van der Waals surface area contributed by atoms with Crippen LogP contribution in [0.1, 0.15) is 23.2 Å². The van der Waals surface area contributed by atoms with Crippen molar-refractivity contribution in [1.82, 2.24) is 25.6 Å². The molecule has 2 aliphatic heterocycles. The van der Waals surface area contributed by atoms with Crippen molar-refractivity contribution in [2.45, 2.75) is 12.8 Å². The van der Waals surface area contributed by atoms with Gasteiger partial charge in [-0.25, -0.2) is 0 Å². The summed E-state index contributed by atoms with van der Waals surface area (Å²) >= 11 is 0. The van der Waals surface area contributed by atoms with E-state index in [2.05, 4.69) is 20.7 Å². The number of benzene rings is 1. The van der Waals surface area contributed by atoms with Gasteiger partial charge in [-0.1, -0.05) is 0 Å². The molecule has 0 aliphatic carbocycles. The number of aromatic nitrogens is 3. The third-order valence-electron chi connectivity index (χ3n) is 4.62. The predicted octanol–water partition coefficient (Wildman–Crippen LogP) is 0.783. The van der Waals surface area contributed by atoms with Crippen LogP contribution in [0.3, 0.4) is 0 Å². The van der Waals surface area contributed by atoms with E-state index >= 15 is 0 Å². The van der Waals surface area contributed by atoms with Gasteiger partial charge in [0, 0.05) is 30.6 Å². The lowest BCUT2D eigenvalue weighted by Gasteiger charge is -2.22. The number of nitrogens with zero attached hydrogens (tertiary/aromatic N) is 3. The minimum atomic E-state index is 0.110. The first-order chi connectivity index (χ1) is 9.76. The Kier molecular flexibility index (Phi) is 2.53. The number of nitrogens with one attached hydrogen (secondary N) is 2. The van der Waals surface area contributed by atoms with Crippen LogP contribution in [0.25, 0.3) is 11.0 Å². The highest BCUT2D eigenvalue weighted by atomic mass is 16.2. The van der Waals surface area contributed by atoms with E-state index in [4.69, 9.17) is 0 Å². The molecule has 0 radical (unpaired) electrons. The van der Waals surface area contributed by atoms with Crippen LogP contribution in [0, 0.1) is 5.41 Å². The van der Waals surface area contributed by atoms with Crippen molar-refractivity contribution in [1.29, 1.82) is 0 Å². The normalized spacial score (nSPS) is 25.9. The second-order valence-corrected chi connectivity index (χ2v) is 5.93. The number of hydrogen-bond donors (Lipinski definition) is 2. The number of H-pyrrole nitrogens is 1. The Labute approximate surface area is 116 Å². The minimum Gasteiger partial charge on any atom is -0.338 e. The first-order valence-corrected chi connectivity index (χ1v) is 7.06. The molecule has 1 aromatic carbocycles. The van der Waals surface area contributed by atoms with Gasteiger partial charge in [-0.15, -0.1) is 0 Å². The second kappa shape index (κ2) is 4.28. The lowest BCUT2D eigenvalue weighted by Crippen LogP contribution is -2.33. The summed E-state index contributed by atoms with van der Waals surface area (Å²) in [5.41, 5.74) is 2.55. The highest BCUT2D eigenvalue weighted by molar-refractivity contribution is 5.97. The standard InChI is InChI=1S/C14H17N5O/c20-13(10-1-2-11-12(7-10)17-18-16-11)19-6-4-14(9-19)3-5-15-8-14/h1-2,7,15H,3-6,8-9H2,(H,16,17,18). The summed E-state index contributed by atoms with van der Waals surface area (Å²) in [7, 11) is 0. The van der Waals surface area contributed by atoms with Gasteiger partial charge < -0.3 is 10.2 Å². The third kappa shape index (κ3) is 1.79. The van der Waals surface area contributed by atoms with Gasteiger partial charge >= 0.3 is 0 Å². The maximum atomic E-state index is 12.6. The van der Waals surface area contributed by atoms with E-state index in [1.807, 2.05) is 23.1 Å². The Bertz CT molecular complexity index is 658. The monoisotopic (exact) mass is 271 g/mol. The smallest absolute Gasteiger partial charge is 0.253 e. The molecule has 1 aromatic heterocycles. The van der Waals surface area contributed by atoms with Crippen LogP contribution in [0.2, 0.25) is 0 Å². The molecular formula is C14H17N5O. The van der Waals surface area contributed by atoms with E-state index in [0.29, 0.717) is 11.0 Å². The first-order valence-electron chi connectivity index (χ1n) is 7.06. The molecule has 6 nitrogen and oxygen atoms in total. The molecule has 2 aromatic rings.